The Kier molecular flexibility index (Phi) is 9.78. The third kappa shape index (κ3) is 7.59. The number of benzene rings is 1. The van der Waals surface area contributed by atoms with Crippen LogP contribution >= 0.6 is 0 Å². The number of ether oxygens (including phenoxy) is 3. The van der Waals surface area contributed by atoms with E-state index in [4.69, 9.17) is 9.47 Å². The molecule has 2 amide bonds. The first-order valence-corrected chi connectivity index (χ1v) is 8.37. The summed E-state index contributed by atoms with van der Waals surface area (Å²) < 4.78 is 14.6. The molecule has 0 fully saturated rings. The third-order valence-corrected chi connectivity index (χ3v) is 3.70. The van der Waals surface area contributed by atoms with Gasteiger partial charge < -0.3 is 24.4 Å². The SMILES string of the molecule is COCCN(CCOC)C(=O)/C=C(\C)C(=O)Nc1ccc(C(=O)OC)cc1. The van der Waals surface area contributed by atoms with Gasteiger partial charge in [0, 0.05) is 44.6 Å². The van der Waals surface area contributed by atoms with Gasteiger partial charge in [-0.05, 0) is 31.2 Å². The van der Waals surface area contributed by atoms with Crippen LogP contribution in [0.5, 0.6) is 0 Å². The lowest BCUT2D eigenvalue weighted by Gasteiger charge is -2.20. The Balaban J connectivity index is 2.74. The highest BCUT2D eigenvalue weighted by Crippen LogP contribution is 2.12. The fourth-order valence-corrected chi connectivity index (χ4v) is 2.11. The van der Waals surface area contributed by atoms with Gasteiger partial charge in [0.05, 0.1) is 25.9 Å². The van der Waals surface area contributed by atoms with Crippen LogP contribution in [0.15, 0.2) is 35.9 Å². The van der Waals surface area contributed by atoms with E-state index >= 15 is 0 Å². The van der Waals surface area contributed by atoms with Crippen molar-refractivity contribution in [1.29, 1.82) is 0 Å². The Hall–Kier alpha value is -2.71. The van der Waals surface area contributed by atoms with Crippen molar-refractivity contribution in [3.8, 4) is 0 Å². The van der Waals surface area contributed by atoms with E-state index in [1.54, 1.807) is 50.3 Å². The number of esters is 1. The standard InChI is InChI=1S/C19H26N2O6/c1-14(13-17(22)21(9-11-25-2)10-12-26-3)18(23)20-16-7-5-15(6-8-16)19(24)27-4/h5-8,13H,9-12H2,1-4H3,(H,20,23)/b14-13+. The van der Waals surface area contributed by atoms with Crippen LogP contribution < -0.4 is 5.32 Å². The average molecular weight is 378 g/mol. The first-order chi connectivity index (χ1) is 12.9. The Morgan fingerprint density at radius 1 is 1.00 bits per heavy atom. The lowest BCUT2D eigenvalue weighted by Crippen LogP contribution is -2.35. The molecule has 0 aliphatic carbocycles. The predicted molar refractivity (Wildman–Crippen MR) is 101 cm³/mol. The second kappa shape index (κ2) is 11.8. The first kappa shape index (κ1) is 22.3. The lowest BCUT2D eigenvalue weighted by atomic mass is 10.2. The van der Waals surface area contributed by atoms with E-state index in [1.165, 1.54) is 13.2 Å². The van der Waals surface area contributed by atoms with Gasteiger partial charge in [0.2, 0.25) is 5.91 Å². The summed E-state index contributed by atoms with van der Waals surface area (Å²) in [4.78, 5) is 37.6. The minimum Gasteiger partial charge on any atom is -0.465 e. The quantitative estimate of drug-likeness (QED) is 0.490. The van der Waals surface area contributed by atoms with Crippen LogP contribution in [0.4, 0.5) is 5.69 Å². The van der Waals surface area contributed by atoms with Crippen LogP contribution in [-0.2, 0) is 23.8 Å². The van der Waals surface area contributed by atoms with Crippen molar-refractivity contribution >= 4 is 23.5 Å². The predicted octanol–water partition coefficient (Wildman–Crippen LogP) is 1.48. The number of carbonyl (C=O) groups is 3. The summed E-state index contributed by atoms with van der Waals surface area (Å²) in [6.07, 6.45) is 1.28. The van der Waals surface area contributed by atoms with Crippen LogP contribution in [-0.4, -0.2) is 70.3 Å². The van der Waals surface area contributed by atoms with E-state index in [-0.39, 0.29) is 11.5 Å². The molecule has 0 unspecified atom stereocenters. The molecule has 0 heterocycles. The van der Waals surface area contributed by atoms with Crippen molar-refractivity contribution in [3.63, 3.8) is 0 Å². The van der Waals surface area contributed by atoms with Crippen LogP contribution in [0.1, 0.15) is 17.3 Å². The Morgan fingerprint density at radius 2 is 1.56 bits per heavy atom. The van der Waals surface area contributed by atoms with E-state index in [1.807, 2.05) is 0 Å². The highest BCUT2D eigenvalue weighted by Gasteiger charge is 2.14. The fraction of sp³-hybridized carbons (Fsp3) is 0.421. The average Bonchev–Trinajstić information content (AvgIpc) is 2.67. The van der Waals surface area contributed by atoms with E-state index in [0.29, 0.717) is 37.6 Å². The van der Waals surface area contributed by atoms with Gasteiger partial charge in [-0.3, -0.25) is 9.59 Å². The highest BCUT2D eigenvalue weighted by molar-refractivity contribution is 6.07. The van der Waals surface area contributed by atoms with Crippen molar-refractivity contribution in [2.75, 3.05) is 52.9 Å². The summed E-state index contributed by atoms with van der Waals surface area (Å²) in [6, 6.07) is 6.26. The maximum absolute atomic E-state index is 12.4. The molecule has 0 saturated heterocycles. The number of nitrogens with zero attached hydrogens (tertiary/aromatic N) is 1. The molecule has 1 aromatic rings. The summed E-state index contributed by atoms with van der Waals surface area (Å²) in [5, 5.41) is 2.68. The van der Waals surface area contributed by atoms with Gasteiger partial charge in [0.1, 0.15) is 0 Å². The van der Waals surface area contributed by atoms with Crippen molar-refractivity contribution in [2.24, 2.45) is 0 Å². The number of hydrogen-bond acceptors (Lipinski definition) is 6. The number of carbonyl (C=O) groups excluding carboxylic acids is 3. The number of methoxy groups -OCH3 is 3. The summed E-state index contributed by atoms with van der Waals surface area (Å²) in [5.74, 6) is -1.16. The molecular formula is C19H26N2O6. The molecule has 0 aliphatic rings. The Morgan fingerprint density at radius 3 is 2.04 bits per heavy atom. The van der Waals surface area contributed by atoms with Gasteiger partial charge in [-0.15, -0.1) is 0 Å². The van der Waals surface area contributed by atoms with Crippen molar-refractivity contribution in [2.45, 2.75) is 6.92 Å². The Bertz CT molecular complexity index is 661. The van der Waals surface area contributed by atoms with Gasteiger partial charge in [-0.25, -0.2) is 4.79 Å². The molecule has 1 N–H and O–H groups in total. The van der Waals surface area contributed by atoms with E-state index in [9.17, 15) is 14.4 Å². The Labute approximate surface area is 159 Å². The van der Waals surface area contributed by atoms with Crippen molar-refractivity contribution in [1.82, 2.24) is 4.90 Å². The molecule has 8 heteroatoms. The molecular weight excluding hydrogens is 352 g/mol. The summed E-state index contributed by atoms with van der Waals surface area (Å²) in [7, 11) is 4.41. The van der Waals surface area contributed by atoms with Crippen molar-refractivity contribution < 1.29 is 28.6 Å². The second-order valence-electron chi connectivity index (χ2n) is 5.66. The minimum atomic E-state index is -0.457. The normalized spacial score (nSPS) is 11.0. The number of anilines is 1. The molecule has 0 bridgehead atoms. The lowest BCUT2D eigenvalue weighted by molar-refractivity contribution is -0.127. The van der Waals surface area contributed by atoms with Crippen LogP contribution in [0.25, 0.3) is 0 Å². The summed E-state index contributed by atoms with van der Waals surface area (Å²) >= 11 is 0. The molecule has 0 radical (unpaired) electrons. The highest BCUT2D eigenvalue weighted by atomic mass is 16.5. The number of nitrogens with one attached hydrogen (secondary N) is 1. The molecule has 0 saturated carbocycles. The molecule has 148 valence electrons. The molecule has 8 nitrogen and oxygen atoms in total. The molecule has 0 atom stereocenters. The van der Waals surface area contributed by atoms with Gasteiger partial charge >= 0.3 is 5.97 Å². The van der Waals surface area contributed by atoms with E-state index in [2.05, 4.69) is 10.1 Å². The number of rotatable bonds is 10. The van der Waals surface area contributed by atoms with Gasteiger partial charge in [0.25, 0.3) is 5.91 Å². The van der Waals surface area contributed by atoms with Gasteiger partial charge in [0.15, 0.2) is 0 Å². The van der Waals surface area contributed by atoms with E-state index < -0.39 is 11.9 Å². The zero-order chi connectivity index (χ0) is 20.2. The zero-order valence-electron chi connectivity index (χ0n) is 16.1. The van der Waals surface area contributed by atoms with Gasteiger partial charge in [-0.1, -0.05) is 0 Å². The fourth-order valence-electron chi connectivity index (χ4n) is 2.11. The largest absolute Gasteiger partial charge is 0.465 e. The third-order valence-electron chi connectivity index (χ3n) is 3.70. The van der Waals surface area contributed by atoms with E-state index in [0.717, 1.165) is 0 Å². The maximum atomic E-state index is 12.4. The van der Waals surface area contributed by atoms with Crippen LogP contribution in [0.2, 0.25) is 0 Å². The molecule has 1 aromatic carbocycles. The molecule has 0 aliphatic heterocycles. The van der Waals surface area contributed by atoms with Crippen LogP contribution in [0.3, 0.4) is 0 Å². The monoisotopic (exact) mass is 378 g/mol. The van der Waals surface area contributed by atoms with Crippen molar-refractivity contribution in [3.05, 3.63) is 41.5 Å². The zero-order valence-corrected chi connectivity index (χ0v) is 16.1. The second-order valence-corrected chi connectivity index (χ2v) is 5.66. The summed E-state index contributed by atoms with van der Waals surface area (Å²) in [5.41, 5.74) is 1.14. The topological polar surface area (TPSA) is 94.2 Å². The number of hydrogen-bond donors (Lipinski definition) is 1. The molecule has 1 rings (SSSR count). The van der Waals surface area contributed by atoms with Crippen LogP contribution in [0, 0.1) is 0 Å². The molecule has 0 aromatic heterocycles. The van der Waals surface area contributed by atoms with Gasteiger partial charge in [-0.2, -0.15) is 0 Å². The first-order valence-electron chi connectivity index (χ1n) is 8.37. The molecule has 0 spiro atoms. The molecule has 27 heavy (non-hydrogen) atoms. The smallest absolute Gasteiger partial charge is 0.337 e. The minimum absolute atomic E-state index is 0.261. The number of amides is 2. The summed E-state index contributed by atoms with van der Waals surface area (Å²) in [6.45, 7) is 3.14. The maximum Gasteiger partial charge on any atom is 0.337 e.